The highest BCUT2D eigenvalue weighted by Gasteiger charge is 2.17. The topological polar surface area (TPSA) is 66.5 Å². The number of aromatic nitrogens is 3. The minimum Gasteiger partial charge on any atom is -0.293 e. The van der Waals surface area contributed by atoms with Gasteiger partial charge in [0.05, 0.1) is 19.2 Å². The largest absolute Gasteiger partial charge is 0.293 e. The van der Waals surface area contributed by atoms with E-state index in [9.17, 15) is 0 Å². The van der Waals surface area contributed by atoms with E-state index in [4.69, 9.17) is 5.26 Å². The molecule has 0 aliphatic carbocycles. The van der Waals surface area contributed by atoms with Gasteiger partial charge in [-0.15, -0.1) is 0 Å². The molecule has 2 heterocycles. The van der Waals surface area contributed by atoms with E-state index in [1.807, 2.05) is 0 Å². The SMILES string of the molecule is N#CC1Cn2ncnc2CN1. The molecule has 56 valence electrons. The molecule has 0 radical (unpaired) electrons. The van der Waals surface area contributed by atoms with Crippen molar-refractivity contribution in [3.05, 3.63) is 12.2 Å². The van der Waals surface area contributed by atoms with Crippen molar-refractivity contribution < 1.29 is 0 Å². The number of nitrogens with one attached hydrogen (secondary N) is 1. The second-order valence-electron chi connectivity index (χ2n) is 2.42. The molecular weight excluding hydrogens is 142 g/mol. The van der Waals surface area contributed by atoms with Crippen LogP contribution in [-0.4, -0.2) is 20.8 Å². The number of rotatable bonds is 0. The van der Waals surface area contributed by atoms with Crippen LogP contribution in [0.4, 0.5) is 0 Å². The molecule has 0 aromatic carbocycles. The maximum Gasteiger partial charge on any atom is 0.140 e. The van der Waals surface area contributed by atoms with Crippen LogP contribution in [0.3, 0.4) is 0 Å². The number of nitrogens with zero attached hydrogens (tertiary/aromatic N) is 4. The zero-order valence-corrected chi connectivity index (χ0v) is 5.86. The third-order valence-electron chi connectivity index (χ3n) is 1.71. The van der Waals surface area contributed by atoms with Crippen molar-refractivity contribution in [3.8, 4) is 6.07 Å². The van der Waals surface area contributed by atoms with Crippen molar-refractivity contribution in [2.45, 2.75) is 19.1 Å². The third-order valence-corrected chi connectivity index (χ3v) is 1.71. The average Bonchev–Trinajstić information content (AvgIpc) is 2.50. The molecular formula is C6H7N5. The Bertz CT molecular complexity index is 296. The number of hydrogen-bond donors (Lipinski definition) is 1. The Labute approximate surface area is 63.7 Å². The molecule has 5 nitrogen and oxygen atoms in total. The lowest BCUT2D eigenvalue weighted by Gasteiger charge is -2.17. The molecule has 0 amide bonds. The smallest absolute Gasteiger partial charge is 0.140 e. The Balaban J connectivity index is 2.26. The van der Waals surface area contributed by atoms with Crippen molar-refractivity contribution in [1.29, 1.82) is 5.26 Å². The predicted molar refractivity (Wildman–Crippen MR) is 36.3 cm³/mol. The summed E-state index contributed by atoms with van der Waals surface area (Å²) in [6.07, 6.45) is 1.51. The van der Waals surface area contributed by atoms with Gasteiger partial charge in [0, 0.05) is 0 Å². The minimum absolute atomic E-state index is 0.121. The first-order valence-corrected chi connectivity index (χ1v) is 3.40. The molecule has 1 aromatic heterocycles. The van der Waals surface area contributed by atoms with Crippen LogP contribution in [0, 0.1) is 11.3 Å². The Hall–Kier alpha value is -1.41. The molecule has 1 N–H and O–H groups in total. The highest BCUT2D eigenvalue weighted by atomic mass is 15.4. The summed E-state index contributed by atoms with van der Waals surface area (Å²) in [7, 11) is 0. The van der Waals surface area contributed by atoms with Crippen molar-refractivity contribution in [2.24, 2.45) is 0 Å². The Morgan fingerprint density at radius 3 is 3.55 bits per heavy atom. The molecule has 2 rings (SSSR count). The van der Waals surface area contributed by atoms with Gasteiger partial charge in [0.1, 0.15) is 18.2 Å². The maximum atomic E-state index is 8.58. The fourth-order valence-electron chi connectivity index (χ4n) is 1.12. The predicted octanol–water partition coefficient (Wildman–Crippen LogP) is -0.727. The first-order valence-electron chi connectivity index (χ1n) is 3.40. The fraction of sp³-hybridized carbons (Fsp3) is 0.500. The Morgan fingerprint density at radius 1 is 1.82 bits per heavy atom. The van der Waals surface area contributed by atoms with Gasteiger partial charge in [-0.3, -0.25) is 5.32 Å². The highest BCUT2D eigenvalue weighted by Crippen LogP contribution is 2.02. The number of nitriles is 1. The van der Waals surface area contributed by atoms with Gasteiger partial charge in [-0.1, -0.05) is 0 Å². The van der Waals surface area contributed by atoms with E-state index in [0.717, 1.165) is 5.82 Å². The molecule has 1 aliphatic heterocycles. The minimum atomic E-state index is -0.121. The van der Waals surface area contributed by atoms with Gasteiger partial charge in [0.25, 0.3) is 0 Å². The normalized spacial score (nSPS) is 22.3. The Kier molecular flexibility index (Phi) is 1.33. The van der Waals surface area contributed by atoms with Crippen LogP contribution >= 0.6 is 0 Å². The summed E-state index contributed by atoms with van der Waals surface area (Å²) in [5, 5.41) is 15.6. The summed E-state index contributed by atoms with van der Waals surface area (Å²) in [5.41, 5.74) is 0. The lowest BCUT2D eigenvalue weighted by Crippen LogP contribution is -2.38. The standard InChI is InChI=1S/C6H7N5/c7-1-5-3-11-6(2-8-5)9-4-10-11/h4-5,8H,2-3H2. The van der Waals surface area contributed by atoms with Gasteiger partial charge in [0.2, 0.25) is 0 Å². The summed E-state index contributed by atoms with van der Waals surface area (Å²) in [5.74, 6) is 0.900. The fourth-order valence-corrected chi connectivity index (χ4v) is 1.12. The van der Waals surface area contributed by atoms with Gasteiger partial charge in [0.15, 0.2) is 0 Å². The molecule has 11 heavy (non-hydrogen) atoms. The molecule has 1 aliphatic rings. The molecule has 1 aromatic rings. The molecule has 0 bridgehead atoms. The van der Waals surface area contributed by atoms with Gasteiger partial charge in [-0.2, -0.15) is 10.4 Å². The van der Waals surface area contributed by atoms with Crippen molar-refractivity contribution in [2.75, 3.05) is 0 Å². The second kappa shape index (κ2) is 2.32. The van der Waals surface area contributed by atoms with E-state index in [0.29, 0.717) is 13.1 Å². The molecule has 1 unspecified atom stereocenters. The third kappa shape index (κ3) is 0.972. The Morgan fingerprint density at radius 2 is 2.73 bits per heavy atom. The molecule has 5 heteroatoms. The summed E-state index contributed by atoms with van der Waals surface area (Å²) >= 11 is 0. The van der Waals surface area contributed by atoms with Gasteiger partial charge >= 0.3 is 0 Å². The second-order valence-corrected chi connectivity index (χ2v) is 2.42. The molecule has 1 atom stereocenters. The monoisotopic (exact) mass is 149 g/mol. The van der Waals surface area contributed by atoms with E-state index in [1.54, 1.807) is 4.68 Å². The van der Waals surface area contributed by atoms with Crippen LogP contribution in [0.5, 0.6) is 0 Å². The van der Waals surface area contributed by atoms with Crippen molar-refractivity contribution in [3.63, 3.8) is 0 Å². The van der Waals surface area contributed by atoms with E-state index in [-0.39, 0.29) is 6.04 Å². The summed E-state index contributed by atoms with van der Waals surface area (Å²) < 4.78 is 1.75. The summed E-state index contributed by atoms with van der Waals surface area (Å²) in [4.78, 5) is 4.01. The lowest BCUT2D eigenvalue weighted by atomic mass is 10.3. The van der Waals surface area contributed by atoms with Crippen LogP contribution in [-0.2, 0) is 13.1 Å². The molecule has 0 fully saturated rings. The number of fused-ring (bicyclic) bond motifs is 1. The molecule has 0 saturated heterocycles. The first-order chi connectivity index (χ1) is 5.40. The van der Waals surface area contributed by atoms with E-state index in [1.165, 1.54) is 6.33 Å². The van der Waals surface area contributed by atoms with Crippen LogP contribution in [0.15, 0.2) is 6.33 Å². The van der Waals surface area contributed by atoms with E-state index >= 15 is 0 Å². The zero-order valence-electron chi connectivity index (χ0n) is 5.86. The van der Waals surface area contributed by atoms with Crippen LogP contribution in [0.25, 0.3) is 0 Å². The van der Waals surface area contributed by atoms with Crippen molar-refractivity contribution >= 4 is 0 Å². The van der Waals surface area contributed by atoms with Crippen LogP contribution < -0.4 is 5.32 Å². The quantitative estimate of drug-likeness (QED) is 0.528. The first kappa shape index (κ1) is 6.31. The van der Waals surface area contributed by atoms with Crippen molar-refractivity contribution in [1.82, 2.24) is 20.1 Å². The average molecular weight is 149 g/mol. The van der Waals surface area contributed by atoms with Gasteiger partial charge < -0.3 is 0 Å². The maximum absolute atomic E-state index is 8.58. The zero-order chi connectivity index (χ0) is 7.68. The van der Waals surface area contributed by atoms with Gasteiger partial charge in [-0.05, 0) is 0 Å². The lowest BCUT2D eigenvalue weighted by molar-refractivity contribution is 0.416. The van der Waals surface area contributed by atoms with E-state index < -0.39 is 0 Å². The van der Waals surface area contributed by atoms with Gasteiger partial charge in [-0.25, -0.2) is 9.67 Å². The van der Waals surface area contributed by atoms with Crippen LogP contribution in [0.2, 0.25) is 0 Å². The molecule has 0 spiro atoms. The highest BCUT2D eigenvalue weighted by molar-refractivity contribution is 4.98. The van der Waals surface area contributed by atoms with Crippen LogP contribution in [0.1, 0.15) is 5.82 Å². The van der Waals surface area contributed by atoms with E-state index in [2.05, 4.69) is 21.5 Å². The number of hydrogen-bond acceptors (Lipinski definition) is 4. The summed E-state index contributed by atoms with van der Waals surface area (Å²) in [6.45, 7) is 1.24. The summed E-state index contributed by atoms with van der Waals surface area (Å²) in [6, 6.07) is 2.01. The molecule has 0 saturated carbocycles.